The predicted octanol–water partition coefficient (Wildman–Crippen LogP) is 2.20. The highest BCUT2D eigenvalue weighted by Crippen LogP contribution is 2.03. The second-order valence-corrected chi connectivity index (χ2v) is 6.66. The lowest BCUT2D eigenvalue weighted by molar-refractivity contribution is -0.140. The Hall–Kier alpha value is -1.06. The molecule has 0 aromatic carbocycles. The van der Waals surface area contributed by atoms with Crippen LogP contribution in [0.3, 0.4) is 0 Å². The van der Waals surface area contributed by atoms with Crippen molar-refractivity contribution in [2.75, 3.05) is 26.7 Å². The normalized spacial score (nSPS) is 11.3. The summed E-state index contributed by atoms with van der Waals surface area (Å²) >= 11 is 0. The molecule has 0 aliphatic carbocycles. The van der Waals surface area contributed by atoms with E-state index in [1.165, 1.54) is 7.11 Å². The number of methoxy groups -OCH3 is 1. The molecule has 0 bridgehead atoms. The number of carbonyl (C=O) groups excluding carboxylic acids is 2. The Morgan fingerprint density at radius 3 is 2.24 bits per heavy atom. The van der Waals surface area contributed by atoms with Crippen LogP contribution < -0.4 is 16.0 Å². The summed E-state index contributed by atoms with van der Waals surface area (Å²) in [7, 11) is 1.41. The van der Waals surface area contributed by atoms with Crippen LogP contribution in [0.4, 0.5) is 0 Å². The fourth-order valence-corrected chi connectivity index (χ4v) is 2.01. The van der Waals surface area contributed by atoms with Gasteiger partial charge in [-0.1, -0.05) is 12.8 Å². The predicted molar refractivity (Wildman–Crippen MR) is 112 cm³/mol. The van der Waals surface area contributed by atoms with Crippen LogP contribution in [0.25, 0.3) is 0 Å². The number of nitrogens with one attached hydrogen (secondary N) is 3. The third-order valence-electron chi connectivity index (χ3n) is 3.07. The molecular formula is C17H35IN4O3. The molecule has 0 aliphatic rings. The van der Waals surface area contributed by atoms with Crippen molar-refractivity contribution in [1.82, 2.24) is 16.0 Å². The van der Waals surface area contributed by atoms with Crippen LogP contribution in [0.15, 0.2) is 4.99 Å². The van der Waals surface area contributed by atoms with E-state index in [4.69, 9.17) is 0 Å². The topological polar surface area (TPSA) is 91.8 Å². The Morgan fingerprint density at radius 1 is 1.04 bits per heavy atom. The summed E-state index contributed by atoms with van der Waals surface area (Å²) in [6.45, 7) is 9.44. The van der Waals surface area contributed by atoms with E-state index >= 15 is 0 Å². The number of guanidine groups is 1. The fourth-order valence-electron chi connectivity index (χ4n) is 2.01. The van der Waals surface area contributed by atoms with E-state index in [2.05, 4.69) is 25.7 Å². The molecule has 0 radical (unpaired) electrons. The van der Waals surface area contributed by atoms with Crippen molar-refractivity contribution in [3.05, 3.63) is 0 Å². The number of nitrogens with zero attached hydrogens (tertiary/aromatic N) is 1. The zero-order valence-electron chi connectivity index (χ0n) is 16.2. The number of unbranched alkanes of at least 4 members (excludes halogenated alkanes) is 3. The maximum atomic E-state index is 11.8. The summed E-state index contributed by atoms with van der Waals surface area (Å²) in [5, 5.41) is 9.22. The number of halogens is 1. The number of amides is 1. The van der Waals surface area contributed by atoms with Gasteiger partial charge >= 0.3 is 5.97 Å². The van der Waals surface area contributed by atoms with Crippen molar-refractivity contribution in [3.8, 4) is 0 Å². The van der Waals surface area contributed by atoms with Gasteiger partial charge in [-0.25, -0.2) is 4.99 Å². The van der Waals surface area contributed by atoms with Crippen molar-refractivity contribution < 1.29 is 14.3 Å². The smallest absolute Gasteiger partial charge is 0.305 e. The molecule has 7 nitrogen and oxygen atoms in total. The lowest BCUT2D eigenvalue weighted by atomic mass is 10.1. The lowest BCUT2D eigenvalue weighted by Gasteiger charge is -2.20. The van der Waals surface area contributed by atoms with E-state index in [0.29, 0.717) is 12.4 Å². The monoisotopic (exact) mass is 470 g/mol. The van der Waals surface area contributed by atoms with Crippen molar-refractivity contribution in [2.24, 2.45) is 4.99 Å². The highest BCUT2D eigenvalue weighted by Gasteiger charge is 2.13. The molecule has 0 fully saturated rings. The molecule has 1 amide bonds. The number of rotatable bonds is 10. The van der Waals surface area contributed by atoms with Gasteiger partial charge in [0.05, 0.1) is 7.11 Å². The zero-order valence-corrected chi connectivity index (χ0v) is 18.6. The Balaban J connectivity index is 0. The number of hydrogen-bond donors (Lipinski definition) is 3. The first kappa shape index (κ1) is 26.2. The van der Waals surface area contributed by atoms with Crippen molar-refractivity contribution >= 4 is 41.8 Å². The molecule has 0 aliphatic heterocycles. The van der Waals surface area contributed by atoms with Crippen LogP contribution in [-0.2, 0) is 14.3 Å². The number of hydrogen-bond acceptors (Lipinski definition) is 4. The number of ether oxygens (including phenoxy) is 1. The fraction of sp³-hybridized carbons (Fsp3) is 0.824. The SMILES string of the molecule is CCNC(=NCC(=O)NC(C)(C)C)NCCCCCCC(=O)OC.I. The second kappa shape index (κ2) is 15.2. The van der Waals surface area contributed by atoms with Gasteiger partial charge in [-0.15, -0.1) is 24.0 Å². The highest BCUT2D eigenvalue weighted by atomic mass is 127. The summed E-state index contributed by atoms with van der Waals surface area (Å²) in [6, 6.07) is 0. The molecule has 0 spiro atoms. The number of esters is 1. The molecule has 0 aromatic heterocycles. The van der Waals surface area contributed by atoms with Crippen molar-refractivity contribution in [3.63, 3.8) is 0 Å². The maximum Gasteiger partial charge on any atom is 0.305 e. The van der Waals surface area contributed by atoms with E-state index in [-0.39, 0.29) is 47.9 Å². The minimum atomic E-state index is -0.247. The first-order valence-corrected chi connectivity index (χ1v) is 8.68. The Labute approximate surface area is 169 Å². The Kier molecular flexibility index (Phi) is 15.9. The molecule has 0 rings (SSSR count). The van der Waals surface area contributed by atoms with E-state index in [0.717, 1.165) is 38.8 Å². The first-order chi connectivity index (χ1) is 11.3. The van der Waals surface area contributed by atoms with Crippen molar-refractivity contribution in [1.29, 1.82) is 0 Å². The van der Waals surface area contributed by atoms with Gasteiger partial charge in [-0.05, 0) is 40.5 Å². The number of aliphatic imine (C=N–C) groups is 1. The standard InChI is InChI=1S/C17H34N4O3.HI/c1-6-18-16(20-13-14(22)21-17(2,3)4)19-12-10-8-7-9-11-15(23)24-5;/h6-13H2,1-5H3,(H,21,22)(H2,18,19,20);1H. The van der Waals surface area contributed by atoms with E-state index in [1.54, 1.807) is 0 Å². The molecule has 0 heterocycles. The van der Waals surface area contributed by atoms with Crippen LogP contribution in [0, 0.1) is 0 Å². The van der Waals surface area contributed by atoms with Gasteiger partial charge in [0, 0.05) is 25.0 Å². The molecule has 0 atom stereocenters. The van der Waals surface area contributed by atoms with Gasteiger partial charge in [0.15, 0.2) is 5.96 Å². The van der Waals surface area contributed by atoms with E-state index in [1.807, 2.05) is 27.7 Å². The van der Waals surface area contributed by atoms with Crippen LogP contribution in [0.1, 0.15) is 59.8 Å². The van der Waals surface area contributed by atoms with Gasteiger partial charge < -0.3 is 20.7 Å². The number of carbonyl (C=O) groups is 2. The van der Waals surface area contributed by atoms with Gasteiger partial charge in [-0.2, -0.15) is 0 Å². The van der Waals surface area contributed by atoms with E-state index in [9.17, 15) is 9.59 Å². The molecule has 0 unspecified atom stereocenters. The van der Waals surface area contributed by atoms with Crippen LogP contribution in [0.2, 0.25) is 0 Å². The molecule has 0 aromatic rings. The summed E-state index contributed by atoms with van der Waals surface area (Å²) in [5.41, 5.74) is -0.247. The third kappa shape index (κ3) is 17.6. The molecule has 3 N–H and O–H groups in total. The van der Waals surface area contributed by atoms with Gasteiger partial charge in [0.1, 0.15) is 6.54 Å². The third-order valence-corrected chi connectivity index (χ3v) is 3.07. The summed E-state index contributed by atoms with van der Waals surface area (Å²) in [6.07, 6.45) is 4.36. The summed E-state index contributed by atoms with van der Waals surface area (Å²) in [4.78, 5) is 27.1. The van der Waals surface area contributed by atoms with Crippen molar-refractivity contribution in [2.45, 2.75) is 65.3 Å². The average molecular weight is 470 g/mol. The highest BCUT2D eigenvalue weighted by molar-refractivity contribution is 14.0. The van der Waals surface area contributed by atoms with Crippen LogP contribution in [-0.4, -0.2) is 50.1 Å². The zero-order chi connectivity index (χ0) is 18.4. The molecule has 0 saturated carbocycles. The first-order valence-electron chi connectivity index (χ1n) is 8.68. The van der Waals surface area contributed by atoms with Gasteiger partial charge in [0.25, 0.3) is 0 Å². The Morgan fingerprint density at radius 2 is 1.68 bits per heavy atom. The summed E-state index contributed by atoms with van der Waals surface area (Å²) in [5.74, 6) is 0.404. The quantitative estimate of drug-likeness (QED) is 0.150. The van der Waals surface area contributed by atoms with E-state index < -0.39 is 0 Å². The van der Waals surface area contributed by atoms with Crippen LogP contribution >= 0.6 is 24.0 Å². The molecule has 0 saturated heterocycles. The largest absolute Gasteiger partial charge is 0.469 e. The van der Waals surface area contributed by atoms with Crippen LogP contribution in [0.5, 0.6) is 0 Å². The molecule has 25 heavy (non-hydrogen) atoms. The maximum absolute atomic E-state index is 11.8. The lowest BCUT2D eigenvalue weighted by Crippen LogP contribution is -2.43. The molecule has 148 valence electrons. The van der Waals surface area contributed by atoms with Gasteiger partial charge in [0.2, 0.25) is 5.91 Å². The minimum absolute atomic E-state index is 0. The molecular weight excluding hydrogens is 435 g/mol. The summed E-state index contributed by atoms with van der Waals surface area (Å²) < 4.78 is 4.60. The van der Waals surface area contributed by atoms with Gasteiger partial charge in [-0.3, -0.25) is 9.59 Å². The molecule has 8 heteroatoms. The minimum Gasteiger partial charge on any atom is -0.469 e. The Bertz CT molecular complexity index is 409. The average Bonchev–Trinajstić information content (AvgIpc) is 2.49. The second-order valence-electron chi connectivity index (χ2n) is 6.66.